The molecular weight excluding hydrogens is 426 g/mol. The second kappa shape index (κ2) is 10.1. The van der Waals surface area contributed by atoms with Crippen LogP contribution in [-0.4, -0.2) is 59.7 Å². The van der Waals surface area contributed by atoms with Gasteiger partial charge in [0, 0.05) is 49.0 Å². The topological polar surface area (TPSA) is 72.4 Å². The molecule has 2 bridgehead atoms. The lowest BCUT2D eigenvalue weighted by Crippen LogP contribution is -2.55. The molecule has 7 nitrogen and oxygen atoms in total. The van der Waals surface area contributed by atoms with E-state index in [4.69, 9.17) is 19.4 Å². The first-order valence-electron chi connectivity index (χ1n) is 12.1. The van der Waals surface area contributed by atoms with Crippen LogP contribution in [0.4, 0.5) is 0 Å². The summed E-state index contributed by atoms with van der Waals surface area (Å²) in [5.74, 6) is 3.34. The van der Waals surface area contributed by atoms with Gasteiger partial charge in [-0.1, -0.05) is 6.07 Å². The first-order chi connectivity index (χ1) is 16.6. The van der Waals surface area contributed by atoms with E-state index in [-0.39, 0.29) is 0 Å². The number of aryl methyl sites for hydroxylation is 1. The summed E-state index contributed by atoms with van der Waals surface area (Å²) in [4.78, 5) is 16.7. The third kappa shape index (κ3) is 4.76. The Hall–Kier alpha value is -3.03. The van der Waals surface area contributed by atoms with Gasteiger partial charge in [0.15, 0.2) is 11.5 Å². The van der Waals surface area contributed by atoms with E-state index in [2.05, 4.69) is 27.3 Å². The number of aromatic nitrogens is 3. The zero-order valence-electron chi connectivity index (χ0n) is 20.2. The number of fused-ring (bicyclic) bond motifs is 3. The highest BCUT2D eigenvalue weighted by atomic mass is 16.5. The fraction of sp³-hybridized carbons (Fsp3) is 0.444. The van der Waals surface area contributed by atoms with Gasteiger partial charge in [0.2, 0.25) is 0 Å². The SMILES string of the molecule is COc1ccc(-c2cc([C@@H]3CN4CC[C@H]3C[C@@H]4CNCc3ccccn3)nc(C)n2)cc1OC. The number of benzene rings is 1. The highest BCUT2D eigenvalue weighted by Crippen LogP contribution is 2.42. The van der Waals surface area contributed by atoms with Crippen molar-refractivity contribution in [1.82, 2.24) is 25.2 Å². The first-order valence-corrected chi connectivity index (χ1v) is 12.1. The summed E-state index contributed by atoms with van der Waals surface area (Å²) >= 11 is 0. The van der Waals surface area contributed by atoms with Gasteiger partial charge in [-0.15, -0.1) is 0 Å². The fourth-order valence-electron chi connectivity index (χ4n) is 5.48. The Morgan fingerprint density at radius 3 is 2.68 bits per heavy atom. The molecule has 6 rings (SSSR count). The second-order valence-corrected chi connectivity index (χ2v) is 9.29. The Morgan fingerprint density at radius 2 is 1.94 bits per heavy atom. The van der Waals surface area contributed by atoms with Crippen LogP contribution >= 0.6 is 0 Å². The maximum Gasteiger partial charge on any atom is 0.161 e. The minimum atomic E-state index is 0.446. The third-order valence-electron chi connectivity index (χ3n) is 7.21. The van der Waals surface area contributed by atoms with Crippen LogP contribution in [0.15, 0.2) is 48.7 Å². The van der Waals surface area contributed by atoms with Crippen LogP contribution in [0.25, 0.3) is 11.3 Å². The van der Waals surface area contributed by atoms with E-state index >= 15 is 0 Å². The molecule has 3 fully saturated rings. The van der Waals surface area contributed by atoms with Crippen LogP contribution in [0.2, 0.25) is 0 Å². The van der Waals surface area contributed by atoms with Crippen molar-refractivity contribution < 1.29 is 9.47 Å². The molecule has 34 heavy (non-hydrogen) atoms. The van der Waals surface area contributed by atoms with Crippen molar-refractivity contribution in [2.45, 2.75) is 38.3 Å². The van der Waals surface area contributed by atoms with Crippen molar-refractivity contribution in [3.05, 3.63) is 65.9 Å². The zero-order chi connectivity index (χ0) is 23.5. The minimum Gasteiger partial charge on any atom is -0.493 e. The summed E-state index contributed by atoms with van der Waals surface area (Å²) < 4.78 is 10.9. The molecule has 178 valence electrons. The van der Waals surface area contributed by atoms with Crippen molar-refractivity contribution in [3.8, 4) is 22.8 Å². The first kappa shape index (κ1) is 22.7. The van der Waals surface area contributed by atoms with Gasteiger partial charge in [-0.3, -0.25) is 9.88 Å². The predicted octanol–water partition coefficient (Wildman–Crippen LogP) is 3.83. The lowest BCUT2D eigenvalue weighted by molar-refractivity contribution is 0.0292. The number of rotatable bonds is 8. The largest absolute Gasteiger partial charge is 0.493 e. The van der Waals surface area contributed by atoms with Crippen LogP contribution in [-0.2, 0) is 6.54 Å². The van der Waals surface area contributed by atoms with E-state index in [1.807, 2.05) is 43.5 Å². The normalized spacial score (nSPS) is 23.6. The smallest absolute Gasteiger partial charge is 0.161 e. The molecule has 0 aliphatic carbocycles. The van der Waals surface area contributed by atoms with Gasteiger partial charge in [-0.25, -0.2) is 9.97 Å². The lowest BCUT2D eigenvalue weighted by Gasteiger charge is -2.50. The summed E-state index contributed by atoms with van der Waals surface area (Å²) in [6.45, 7) is 6.03. The van der Waals surface area contributed by atoms with E-state index in [9.17, 15) is 0 Å². The number of nitrogens with one attached hydrogen (secondary N) is 1. The molecule has 5 heterocycles. The molecule has 1 aromatic carbocycles. The summed E-state index contributed by atoms with van der Waals surface area (Å²) in [5, 5.41) is 3.62. The molecule has 0 spiro atoms. The molecule has 1 unspecified atom stereocenters. The average Bonchev–Trinajstić information content (AvgIpc) is 2.89. The molecule has 3 aliphatic heterocycles. The molecule has 3 aromatic rings. The molecule has 7 heteroatoms. The molecule has 0 saturated carbocycles. The Kier molecular flexibility index (Phi) is 6.74. The van der Waals surface area contributed by atoms with Gasteiger partial charge in [0.05, 0.1) is 25.6 Å². The van der Waals surface area contributed by atoms with E-state index in [1.165, 1.54) is 19.4 Å². The lowest BCUT2D eigenvalue weighted by atomic mass is 9.74. The summed E-state index contributed by atoms with van der Waals surface area (Å²) in [6.07, 6.45) is 4.29. The van der Waals surface area contributed by atoms with Crippen molar-refractivity contribution in [2.75, 3.05) is 33.9 Å². The second-order valence-electron chi connectivity index (χ2n) is 9.29. The summed E-state index contributed by atoms with van der Waals surface area (Å²) in [6, 6.07) is 14.8. The standard InChI is InChI=1S/C27H33N5O2/c1-18-30-24(20-7-8-26(33-2)27(13-20)34-3)14-25(31-18)23-17-32-11-9-19(23)12-22(32)16-28-15-21-6-4-5-10-29-21/h4-8,10,13-14,19,22-23,28H,9,11-12,15-17H2,1-3H3/t19-,22+,23+/m0/s1. The predicted molar refractivity (Wildman–Crippen MR) is 132 cm³/mol. The molecule has 2 aromatic heterocycles. The minimum absolute atomic E-state index is 0.446. The van der Waals surface area contributed by atoms with Gasteiger partial charge in [0.1, 0.15) is 5.82 Å². The average molecular weight is 460 g/mol. The van der Waals surface area contributed by atoms with Crippen molar-refractivity contribution in [3.63, 3.8) is 0 Å². The van der Waals surface area contributed by atoms with Crippen LogP contribution in [0, 0.1) is 12.8 Å². The molecule has 3 saturated heterocycles. The molecule has 1 N–H and O–H groups in total. The van der Waals surface area contributed by atoms with E-state index in [0.717, 1.165) is 53.9 Å². The third-order valence-corrected chi connectivity index (χ3v) is 7.21. The Morgan fingerprint density at radius 1 is 1.06 bits per heavy atom. The number of pyridine rings is 1. The fourth-order valence-corrected chi connectivity index (χ4v) is 5.48. The van der Waals surface area contributed by atoms with Gasteiger partial charge < -0.3 is 14.8 Å². The van der Waals surface area contributed by atoms with Crippen LogP contribution in [0.1, 0.15) is 36.0 Å². The number of nitrogens with zero attached hydrogens (tertiary/aromatic N) is 4. The van der Waals surface area contributed by atoms with Crippen molar-refractivity contribution in [1.29, 1.82) is 0 Å². The Bertz CT molecular complexity index is 1120. The maximum atomic E-state index is 5.50. The van der Waals surface area contributed by atoms with Crippen LogP contribution < -0.4 is 14.8 Å². The van der Waals surface area contributed by atoms with E-state index in [1.54, 1.807) is 14.2 Å². The van der Waals surface area contributed by atoms with Crippen LogP contribution in [0.3, 0.4) is 0 Å². The Balaban J connectivity index is 1.29. The van der Waals surface area contributed by atoms with Crippen molar-refractivity contribution >= 4 is 0 Å². The molecule has 0 amide bonds. The summed E-state index contributed by atoms with van der Waals surface area (Å²) in [5.41, 5.74) is 4.21. The van der Waals surface area contributed by atoms with Gasteiger partial charge in [-0.2, -0.15) is 0 Å². The van der Waals surface area contributed by atoms with Crippen LogP contribution in [0.5, 0.6) is 11.5 Å². The Labute approximate surface area is 201 Å². The number of ether oxygens (including phenoxy) is 2. The number of methoxy groups -OCH3 is 2. The summed E-state index contributed by atoms with van der Waals surface area (Å²) in [7, 11) is 3.31. The quantitative estimate of drug-likeness (QED) is 0.549. The maximum absolute atomic E-state index is 5.50. The monoisotopic (exact) mass is 459 g/mol. The highest BCUT2D eigenvalue weighted by Gasteiger charge is 2.41. The molecule has 4 atom stereocenters. The van der Waals surface area contributed by atoms with Gasteiger partial charge in [0.25, 0.3) is 0 Å². The molecular formula is C27H33N5O2. The zero-order valence-corrected chi connectivity index (χ0v) is 20.2. The molecule has 3 aliphatic rings. The number of hydrogen-bond donors (Lipinski definition) is 1. The highest BCUT2D eigenvalue weighted by molar-refractivity contribution is 5.64. The van der Waals surface area contributed by atoms with E-state index < -0.39 is 0 Å². The number of piperidine rings is 3. The van der Waals surface area contributed by atoms with Crippen molar-refractivity contribution in [2.24, 2.45) is 5.92 Å². The molecule has 0 radical (unpaired) electrons. The number of hydrogen-bond acceptors (Lipinski definition) is 7. The van der Waals surface area contributed by atoms with Gasteiger partial charge in [-0.05, 0) is 68.6 Å². The van der Waals surface area contributed by atoms with E-state index in [0.29, 0.717) is 23.6 Å². The van der Waals surface area contributed by atoms with Gasteiger partial charge >= 0.3 is 0 Å².